The van der Waals surface area contributed by atoms with Gasteiger partial charge in [-0.3, -0.25) is 4.79 Å². The third-order valence-corrected chi connectivity index (χ3v) is 5.59. The fraction of sp³-hybridized carbons (Fsp3) is 0.552. The van der Waals surface area contributed by atoms with Crippen molar-refractivity contribution >= 4 is 5.97 Å². The van der Waals surface area contributed by atoms with Crippen molar-refractivity contribution in [1.29, 1.82) is 0 Å². The molecule has 0 bridgehead atoms. The van der Waals surface area contributed by atoms with Gasteiger partial charge in [-0.2, -0.15) is 0 Å². The number of ether oxygens (including phenoxy) is 1. The van der Waals surface area contributed by atoms with Gasteiger partial charge in [0.25, 0.3) is 0 Å². The summed E-state index contributed by atoms with van der Waals surface area (Å²) in [5, 5.41) is 0. The van der Waals surface area contributed by atoms with E-state index in [9.17, 15) is 4.79 Å². The predicted molar refractivity (Wildman–Crippen MR) is 134 cm³/mol. The van der Waals surface area contributed by atoms with E-state index in [1.54, 1.807) is 0 Å². The molecule has 0 aliphatic rings. The lowest BCUT2D eigenvalue weighted by molar-refractivity contribution is -0.140. The van der Waals surface area contributed by atoms with Crippen molar-refractivity contribution in [2.75, 3.05) is 7.11 Å². The highest BCUT2D eigenvalue weighted by atomic mass is 16.5. The number of carbonyl (C=O) groups is 1. The van der Waals surface area contributed by atoms with Gasteiger partial charge in [0.15, 0.2) is 0 Å². The van der Waals surface area contributed by atoms with Gasteiger partial charge in [-0.15, -0.1) is 0 Å². The van der Waals surface area contributed by atoms with Crippen LogP contribution in [0.4, 0.5) is 0 Å². The van der Waals surface area contributed by atoms with E-state index in [1.807, 2.05) is 12.1 Å². The third kappa shape index (κ3) is 15.4. The zero-order chi connectivity index (χ0) is 22.4. The molecule has 0 unspecified atom stereocenters. The Labute approximate surface area is 191 Å². The topological polar surface area (TPSA) is 26.3 Å². The molecule has 2 heteroatoms. The second kappa shape index (κ2) is 19.8. The van der Waals surface area contributed by atoms with Crippen LogP contribution in [0, 0.1) is 0 Å². The molecule has 2 aromatic rings. The van der Waals surface area contributed by atoms with Crippen LogP contribution in [0.2, 0.25) is 0 Å². The zero-order valence-electron chi connectivity index (χ0n) is 20.0. The van der Waals surface area contributed by atoms with Gasteiger partial charge >= 0.3 is 5.97 Å². The van der Waals surface area contributed by atoms with E-state index in [4.69, 9.17) is 0 Å². The molecule has 0 amide bonds. The molecular formula is C29H44O2. The van der Waals surface area contributed by atoms with Crippen LogP contribution < -0.4 is 0 Å². The fourth-order valence-electron chi connectivity index (χ4n) is 3.65. The molecular weight excluding hydrogens is 380 g/mol. The maximum absolute atomic E-state index is 10.9. The zero-order valence-corrected chi connectivity index (χ0v) is 20.0. The molecule has 0 aliphatic carbocycles. The molecule has 172 valence electrons. The summed E-state index contributed by atoms with van der Waals surface area (Å²) in [6.07, 6.45) is 18.0. The van der Waals surface area contributed by atoms with Crippen molar-refractivity contribution in [1.82, 2.24) is 0 Å². The molecule has 2 rings (SSSR count). The first-order valence-electron chi connectivity index (χ1n) is 12.4. The Morgan fingerprint density at radius 2 is 0.935 bits per heavy atom. The van der Waals surface area contributed by atoms with Crippen LogP contribution >= 0.6 is 0 Å². The van der Waals surface area contributed by atoms with Crippen molar-refractivity contribution in [3.05, 3.63) is 60.7 Å². The summed E-state index contributed by atoms with van der Waals surface area (Å²) in [5.41, 5.74) is 2.55. The summed E-state index contributed by atoms with van der Waals surface area (Å²) in [6, 6.07) is 20.8. The van der Waals surface area contributed by atoms with Gasteiger partial charge in [-0.1, -0.05) is 145 Å². The minimum absolute atomic E-state index is 0.0666. The maximum atomic E-state index is 10.9. The van der Waals surface area contributed by atoms with Crippen molar-refractivity contribution in [3.63, 3.8) is 0 Å². The van der Waals surface area contributed by atoms with E-state index in [0.29, 0.717) is 6.42 Å². The second-order valence-electron chi connectivity index (χ2n) is 8.30. The van der Waals surface area contributed by atoms with Gasteiger partial charge in [0.2, 0.25) is 0 Å². The highest BCUT2D eigenvalue weighted by Gasteiger charge is 1.99. The Kier molecular flexibility index (Phi) is 17.3. The highest BCUT2D eigenvalue weighted by molar-refractivity contribution is 5.69. The van der Waals surface area contributed by atoms with Gasteiger partial charge in [0.05, 0.1) is 7.11 Å². The number of hydrogen-bond donors (Lipinski definition) is 0. The standard InChI is InChI=1S/C17H34O2.C12H10/c1-3-4-5-6-7-8-9-10-11-12-13-14-15-16-17(18)19-2;1-3-7-11(8-4-1)12-9-5-2-6-10-12/h3-16H2,1-2H3;1-10H. The molecule has 0 N–H and O–H groups in total. The van der Waals surface area contributed by atoms with E-state index >= 15 is 0 Å². The summed E-state index contributed by atoms with van der Waals surface area (Å²) in [7, 11) is 1.46. The molecule has 0 heterocycles. The minimum Gasteiger partial charge on any atom is -0.469 e. The normalized spacial score (nSPS) is 10.3. The quantitative estimate of drug-likeness (QED) is 0.210. The van der Waals surface area contributed by atoms with Crippen LogP contribution in [0.25, 0.3) is 11.1 Å². The number of rotatable bonds is 15. The number of carbonyl (C=O) groups excluding carboxylic acids is 1. The van der Waals surface area contributed by atoms with Gasteiger partial charge in [0, 0.05) is 6.42 Å². The molecule has 0 radical (unpaired) electrons. The lowest BCUT2D eigenvalue weighted by Gasteiger charge is -2.03. The predicted octanol–water partition coefficient (Wildman–Crippen LogP) is 8.99. The van der Waals surface area contributed by atoms with Crippen molar-refractivity contribution in [3.8, 4) is 11.1 Å². The fourth-order valence-corrected chi connectivity index (χ4v) is 3.65. The summed E-state index contributed by atoms with van der Waals surface area (Å²) >= 11 is 0. The Hall–Kier alpha value is -2.09. The summed E-state index contributed by atoms with van der Waals surface area (Å²) in [5.74, 6) is -0.0666. The Morgan fingerprint density at radius 1 is 0.581 bits per heavy atom. The van der Waals surface area contributed by atoms with E-state index in [0.717, 1.165) is 6.42 Å². The van der Waals surface area contributed by atoms with Gasteiger partial charge < -0.3 is 4.74 Å². The van der Waals surface area contributed by atoms with Crippen LogP contribution in [0.5, 0.6) is 0 Å². The number of esters is 1. The monoisotopic (exact) mass is 424 g/mol. The van der Waals surface area contributed by atoms with Crippen LogP contribution in [-0.2, 0) is 9.53 Å². The van der Waals surface area contributed by atoms with Crippen LogP contribution in [0.15, 0.2) is 60.7 Å². The van der Waals surface area contributed by atoms with E-state index in [1.165, 1.54) is 95.3 Å². The van der Waals surface area contributed by atoms with Gasteiger partial charge in [-0.05, 0) is 17.5 Å². The molecule has 2 aromatic carbocycles. The number of benzene rings is 2. The Morgan fingerprint density at radius 3 is 1.29 bits per heavy atom. The van der Waals surface area contributed by atoms with Crippen LogP contribution in [-0.4, -0.2) is 13.1 Å². The van der Waals surface area contributed by atoms with Crippen LogP contribution in [0.1, 0.15) is 96.8 Å². The average Bonchev–Trinajstić information content (AvgIpc) is 2.83. The highest BCUT2D eigenvalue weighted by Crippen LogP contribution is 2.17. The van der Waals surface area contributed by atoms with E-state index in [-0.39, 0.29) is 5.97 Å². The number of methoxy groups -OCH3 is 1. The smallest absolute Gasteiger partial charge is 0.305 e. The molecule has 0 atom stereocenters. The second-order valence-corrected chi connectivity index (χ2v) is 8.30. The minimum atomic E-state index is -0.0666. The van der Waals surface area contributed by atoms with E-state index in [2.05, 4.69) is 60.2 Å². The van der Waals surface area contributed by atoms with Gasteiger partial charge in [-0.25, -0.2) is 0 Å². The van der Waals surface area contributed by atoms with E-state index < -0.39 is 0 Å². The largest absolute Gasteiger partial charge is 0.469 e. The Balaban J connectivity index is 0.000000339. The lowest BCUT2D eigenvalue weighted by atomic mass is 10.0. The number of unbranched alkanes of at least 4 members (excludes halogenated alkanes) is 12. The molecule has 0 fully saturated rings. The molecule has 0 spiro atoms. The maximum Gasteiger partial charge on any atom is 0.305 e. The molecule has 0 aromatic heterocycles. The average molecular weight is 425 g/mol. The SMILES string of the molecule is CCCCCCCCCCCCCCCC(=O)OC.c1ccc(-c2ccccc2)cc1. The van der Waals surface area contributed by atoms with Crippen molar-refractivity contribution < 1.29 is 9.53 Å². The van der Waals surface area contributed by atoms with Crippen molar-refractivity contribution in [2.24, 2.45) is 0 Å². The summed E-state index contributed by atoms with van der Waals surface area (Å²) in [6.45, 7) is 2.27. The summed E-state index contributed by atoms with van der Waals surface area (Å²) in [4.78, 5) is 10.9. The Bertz CT molecular complexity index is 599. The molecule has 31 heavy (non-hydrogen) atoms. The van der Waals surface area contributed by atoms with Gasteiger partial charge in [0.1, 0.15) is 0 Å². The first-order chi connectivity index (χ1) is 15.3. The molecule has 2 nitrogen and oxygen atoms in total. The molecule has 0 saturated heterocycles. The first kappa shape index (κ1) is 26.9. The lowest BCUT2D eigenvalue weighted by Crippen LogP contribution is -1.99. The third-order valence-electron chi connectivity index (χ3n) is 5.59. The molecule has 0 saturated carbocycles. The number of hydrogen-bond acceptors (Lipinski definition) is 2. The first-order valence-corrected chi connectivity index (χ1v) is 12.4. The van der Waals surface area contributed by atoms with Crippen LogP contribution in [0.3, 0.4) is 0 Å². The summed E-state index contributed by atoms with van der Waals surface area (Å²) < 4.78 is 4.62. The van der Waals surface area contributed by atoms with Crippen molar-refractivity contribution in [2.45, 2.75) is 96.8 Å². The molecule has 0 aliphatic heterocycles.